The maximum absolute atomic E-state index is 12.0. The number of hydrogen-bond donors (Lipinski definition) is 1. The minimum atomic E-state index is -0.942. The summed E-state index contributed by atoms with van der Waals surface area (Å²) < 4.78 is 7.29. The Kier molecular flexibility index (Phi) is 4.49. The molecular formula is C18H25N3O3. The van der Waals surface area contributed by atoms with Gasteiger partial charge in [-0.3, -0.25) is 9.58 Å². The summed E-state index contributed by atoms with van der Waals surface area (Å²) in [5.74, 6) is 1.32. The first-order chi connectivity index (χ1) is 11.4. The molecule has 2 aromatic rings. The average Bonchev–Trinajstić information content (AvgIpc) is 3.17. The van der Waals surface area contributed by atoms with Crippen LogP contribution in [-0.2, 0) is 16.9 Å². The highest BCUT2D eigenvalue weighted by Crippen LogP contribution is 2.31. The van der Waals surface area contributed by atoms with E-state index in [1.807, 2.05) is 31.3 Å². The van der Waals surface area contributed by atoms with Crippen molar-refractivity contribution in [2.45, 2.75) is 51.6 Å². The first kappa shape index (κ1) is 16.8. The SMILES string of the molecule is Cc1ccc(CN2CCC(C(=O)O)(n3ccc(C(C)C)n3)CC2)o1. The molecule has 1 saturated heterocycles. The summed E-state index contributed by atoms with van der Waals surface area (Å²) in [6.07, 6.45) is 2.90. The van der Waals surface area contributed by atoms with E-state index in [0.29, 0.717) is 31.8 Å². The number of carboxylic acids is 1. The van der Waals surface area contributed by atoms with Crippen molar-refractivity contribution in [1.82, 2.24) is 14.7 Å². The van der Waals surface area contributed by atoms with E-state index in [9.17, 15) is 9.90 Å². The van der Waals surface area contributed by atoms with Gasteiger partial charge in [-0.05, 0) is 43.9 Å². The Labute approximate surface area is 142 Å². The molecule has 1 N–H and O–H groups in total. The molecule has 0 atom stereocenters. The Balaban J connectivity index is 1.73. The van der Waals surface area contributed by atoms with E-state index >= 15 is 0 Å². The quantitative estimate of drug-likeness (QED) is 0.912. The zero-order chi connectivity index (χ0) is 17.3. The summed E-state index contributed by atoms with van der Waals surface area (Å²) in [4.78, 5) is 14.3. The number of furan rings is 1. The van der Waals surface area contributed by atoms with E-state index in [1.54, 1.807) is 4.68 Å². The smallest absolute Gasteiger partial charge is 0.331 e. The minimum absolute atomic E-state index is 0.291. The van der Waals surface area contributed by atoms with Gasteiger partial charge in [-0.1, -0.05) is 13.8 Å². The molecule has 2 aromatic heterocycles. The molecule has 6 nitrogen and oxygen atoms in total. The fraction of sp³-hybridized carbons (Fsp3) is 0.556. The number of aryl methyl sites for hydroxylation is 1. The lowest BCUT2D eigenvalue weighted by molar-refractivity contribution is -0.151. The number of carboxylic acid groups (broad SMARTS) is 1. The largest absolute Gasteiger partial charge is 0.479 e. The number of hydrogen-bond acceptors (Lipinski definition) is 4. The fourth-order valence-corrected chi connectivity index (χ4v) is 3.30. The summed E-state index contributed by atoms with van der Waals surface area (Å²) in [6, 6.07) is 5.86. The van der Waals surface area contributed by atoms with Gasteiger partial charge in [-0.2, -0.15) is 5.10 Å². The molecule has 1 aliphatic rings. The molecule has 1 aliphatic heterocycles. The summed E-state index contributed by atoms with van der Waals surface area (Å²) in [5, 5.41) is 14.4. The van der Waals surface area contributed by atoms with Crippen molar-refractivity contribution in [3.05, 3.63) is 41.6 Å². The predicted octanol–water partition coefficient (Wildman–Crippen LogP) is 2.98. The van der Waals surface area contributed by atoms with Crippen LogP contribution in [0.2, 0.25) is 0 Å². The van der Waals surface area contributed by atoms with Gasteiger partial charge in [-0.25, -0.2) is 4.79 Å². The van der Waals surface area contributed by atoms with Crippen molar-refractivity contribution in [2.75, 3.05) is 13.1 Å². The van der Waals surface area contributed by atoms with Crippen LogP contribution in [0.5, 0.6) is 0 Å². The molecule has 3 rings (SSSR count). The van der Waals surface area contributed by atoms with Crippen LogP contribution >= 0.6 is 0 Å². The number of carbonyl (C=O) groups is 1. The van der Waals surface area contributed by atoms with Crippen molar-refractivity contribution >= 4 is 5.97 Å². The van der Waals surface area contributed by atoms with Crippen molar-refractivity contribution in [1.29, 1.82) is 0 Å². The molecule has 24 heavy (non-hydrogen) atoms. The van der Waals surface area contributed by atoms with Gasteiger partial charge in [0.15, 0.2) is 5.54 Å². The third kappa shape index (κ3) is 3.11. The topological polar surface area (TPSA) is 71.5 Å². The van der Waals surface area contributed by atoms with E-state index < -0.39 is 11.5 Å². The van der Waals surface area contributed by atoms with Gasteiger partial charge in [0, 0.05) is 19.3 Å². The molecule has 0 bridgehead atoms. The Morgan fingerprint density at radius 1 is 1.33 bits per heavy atom. The third-order valence-corrected chi connectivity index (χ3v) is 4.90. The maximum Gasteiger partial charge on any atom is 0.331 e. The van der Waals surface area contributed by atoms with Crippen LogP contribution in [0.1, 0.15) is 49.8 Å². The van der Waals surface area contributed by atoms with Crippen LogP contribution in [0.15, 0.2) is 28.8 Å². The van der Waals surface area contributed by atoms with Crippen molar-refractivity contribution in [2.24, 2.45) is 0 Å². The van der Waals surface area contributed by atoms with E-state index in [4.69, 9.17) is 4.42 Å². The number of likely N-dealkylation sites (tertiary alicyclic amines) is 1. The normalized spacial score (nSPS) is 18.2. The number of aliphatic carboxylic acids is 1. The molecular weight excluding hydrogens is 306 g/mol. The van der Waals surface area contributed by atoms with Crippen molar-refractivity contribution in [3.63, 3.8) is 0 Å². The summed E-state index contributed by atoms with van der Waals surface area (Å²) in [5.41, 5.74) is -0.00738. The first-order valence-electron chi connectivity index (χ1n) is 8.48. The number of piperidine rings is 1. The Morgan fingerprint density at radius 2 is 2.04 bits per heavy atom. The second kappa shape index (κ2) is 6.43. The van der Waals surface area contributed by atoms with Crippen LogP contribution in [-0.4, -0.2) is 38.8 Å². The van der Waals surface area contributed by atoms with Gasteiger partial charge in [0.2, 0.25) is 0 Å². The van der Waals surface area contributed by atoms with Crippen molar-refractivity contribution in [3.8, 4) is 0 Å². The van der Waals surface area contributed by atoms with Crippen LogP contribution in [0.25, 0.3) is 0 Å². The second-order valence-corrected chi connectivity index (χ2v) is 6.97. The molecule has 0 aliphatic carbocycles. The minimum Gasteiger partial charge on any atom is -0.479 e. The van der Waals surface area contributed by atoms with Gasteiger partial charge in [0.25, 0.3) is 0 Å². The van der Waals surface area contributed by atoms with E-state index in [0.717, 1.165) is 23.8 Å². The second-order valence-electron chi connectivity index (χ2n) is 6.97. The van der Waals surface area contributed by atoms with E-state index in [-0.39, 0.29) is 0 Å². The Morgan fingerprint density at radius 3 is 2.54 bits per heavy atom. The maximum atomic E-state index is 12.0. The van der Waals surface area contributed by atoms with Crippen molar-refractivity contribution < 1.29 is 14.3 Å². The van der Waals surface area contributed by atoms with Crippen LogP contribution in [0, 0.1) is 6.92 Å². The molecule has 0 spiro atoms. The van der Waals surface area contributed by atoms with Gasteiger partial charge in [-0.15, -0.1) is 0 Å². The summed E-state index contributed by atoms with van der Waals surface area (Å²) in [7, 11) is 0. The number of nitrogens with zero attached hydrogens (tertiary/aromatic N) is 3. The van der Waals surface area contributed by atoms with Gasteiger partial charge < -0.3 is 9.52 Å². The molecule has 1 fully saturated rings. The number of aromatic nitrogens is 2. The van der Waals surface area contributed by atoms with Crippen LogP contribution in [0.4, 0.5) is 0 Å². The van der Waals surface area contributed by atoms with Gasteiger partial charge in [0.1, 0.15) is 11.5 Å². The lowest BCUT2D eigenvalue weighted by Crippen LogP contribution is -2.51. The van der Waals surface area contributed by atoms with E-state index in [1.165, 1.54) is 0 Å². The first-order valence-corrected chi connectivity index (χ1v) is 8.48. The average molecular weight is 331 g/mol. The lowest BCUT2D eigenvalue weighted by atomic mass is 9.87. The zero-order valence-corrected chi connectivity index (χ0v) is 14.5. The third-order valence-electron chi connectivity index (χ3n) is 4.90. The highest BCUT2D eigenvalue weighted by molar-refractivity contribution is 5.76. The van der Waals surface area contributed by atoms with Gasteiger partial charge >= 0.3 is 5.97 Å². The van der Waals surface area contributed by atoms with E-state index in [2.05, 4.69) is 23.8 Å². The highest BCUT2D eigenvalue weighted by atomic mass is 16.4. The van der Waals surface area contributed by atoms with Crippen LogP contribution in [0.3, 0.4) is 0 Å². The Bertz CT molecular complexity index is 709. The molecule has 0 amide bonds. The molecule has 0 aromatic carbocycles. The highest BCUT2D eigenvalue weighted by Gasteiger charge is 2.44. The van der Waals surface area contributed by atoms with Crippen LogP contribution < -0.4 is 0 Å². The lowest BCUT2D eigenvalue weighted by Gasteiger charge is -2.38. The summed E-state index contributed by atoms with van der Waals surface area (Å²) in [6.45, 7) is 8.20. The molecule has 6 heteroatoms. The molecule has 0 unspecified atom stereocenters. The predicted molar refractivity (Wildman–Crippen MR) is 89.9 cm³/mol. The monoisotopic (exact) mass is 331 g/mol. The number of rotatable bonds is 5. The Hall–Kier alpha value is -2.08. The van der Waals surface area contributed by atoms with Gasteiger partial charge in [0.05, 0.1) is 12.2 Å². The molecule has 0 saturated carbocycles. The zero-order valence-electron chi connectivity index (χ0n) is 14.5. The molecule has 130 valence electrons. The molecule has 0 radical (unpaired) electrons. The molecule has 3 heterocycles. The summed E-state index contributed by atoms with van der Waals surface area (Å²) >= 11 is 0. The fourth-order valence-electron chi connectivity index (χ4n) is 3.30. The standard InChI is InChI=1S/C18H25N3O3/c1-13(2)16-6-9-21(19-16)18(17(22)23)7-10-20(11-8-18)12-15-5-4-14(3)24-15/h4-6,9,13H,7-8,10-12H2,1-3H3,(H,22,23).